The van der Waals surface area contributed by atoms with Gasteiger partial charge in [-0.1, -0.05) is 6.92 Å². The van der Waals surface area contributed by atoms with Crippen molar-refractivity contribution in [2.45, 2.75) is 26.2 Å². The summed E-state index contributed by atoms with van der Waals surface area (Å²) < 4.78 is 0. The summed E-state index contributed by atoms with van der Waals surface area (Å²) in [5, 5.41) is 0. The number of hydrogen-bond donors (Lipinski definition) is 0. The lowest BCUT2D eigenvalue weighted by molar-refractivity contribution is 0.949. The van der Waals surface area contributed by atoms with Gasteiger partial charge in [0.15, 0.2) is 0 Å². The van der Waals surface area contributed by atoms with Gasteiger partial charge in [-0.3, -0.25) is 0 Å². The maximum Gasteiger partial charge on any atom is 0.0593 e. The molecule has 9 heavy (non-hydrogen) atoms. The topological polar surface area (TPSA) is 0 Å². The Morgan fingerprint density at radius 3 is 2.22 bits per heavy atom. The molecule has 1 fully saturated rings. The maximum absolute atomic E-state index is 2.56. The molecule has 0 radical (unpaired) electrons. The van der Waals surface area contributed by atoms with Gasteiger partial charge in [-0.15, -0.1) is 0 Å². The van der Waals surface area contributed by atoms with Crippen molar-refractivity contribution >= 4 is 7.26 Å². The Kier molecular flexibility index (Phi) is 2.52. The molecule has 0 nitrogen and oxygen atoms in total. The first-order chi connectivity index (χ1) is 4.27. The van der Waals surface area contributed by atoms with Crippen LogP contribution >= 0.6 is 7.26 Å². The molecule has 1 aliphatic heterocycles. The summed E-state index contributed by atoms with van der Waals surface area (Å²) in [7, 11) is -0.320. The van der Waals surface area contributed by atoms with Gasteiger partial charge in [-0.2, -0.15) is 0 Å². The summed E-state index contributed by atoms with van der Waals surface area (Å²) in [5.41, 5.74) is 0. The average Bonchev–Trinajstić information content (AvgIpc) is 2.16. The third-order valence-electron chi connectivity index (χ3n) is 2.41. The SMILES string of the molecule is CCC[P+]1(C)CCCC1. The molecule has 1 aliphatic rings. The van der Waals surface area contributed by atoms with E-state index in [0.29, 0.717) is 0 Å². The van der Waals surface area contributed by atoms with Crippen molar-refractivity contribution in [2.24, 2.45) is 0 Å². The molecule has 0 saturated carbocycles. The third-order valence-corrected chi connectivity index (χ3v) is 6.73. The Morgan fingerprint density at radius 2 is 1.78 bits per heavy atom. The van der Waals surface area contributed by atoms with E-state index in [0.717, 1.165) is 0 Å². The minimum absolute atomic E-state index is 0.320. The van der Waals surface area contributed by atoms with Crippen LogP contribution in [0.3, 0.4) is 0 Å². The van der Waals surface area contributed by atoms with Crippen LogP contribution in [0.15, 0.2) is 0 Å². The second-order valence-electron chi connectivity index (χ2n) is 3.50. The summed E-state index contributed by atoms with van der Waals surface area (Å²) in [6.07, 6.45) is 9.24. The third kappa shape index (κ3) is 1.93. The van der Waals surface area contributed by atoms with Crippen LogP contribution in [0.1, 0.15) is 26.2 Å². The van der Waals surface area contributed by atoms with E-state index < -0.39 is 0 Å². The van der Waals surface area contributed by atoms with E-state index >= 15 is 0 Å². The normalized spacial score (nSPS) is 24.7. The Bertz CT molecular complexity index is 82.6. The fraction of sp³-hybridized carbons (Fsp3) is 1.00. The Hall–Kier alpha value is 0.430. The molecule has 0 aromatic heterocycles. The fourth-order valence-corrected chi connectivity index (χ4v) is 5.59. The van der Waals surface area contributed by atoms with Crippen LogP contribution in [0.2, 0.25) is 0 Å². The molecule has 0 amide bonds. The quantitative estimate of drug-likeness (QED) is 0.524. The van der Waals surface area contributed by atoms with Crippen molar-refractivity contribution in [3.63, 3.8) is 0 Å². The molecule has 1 heterocycles. The summed E-state index contributed by atoms with van der Waals surface area (Å²) in [4.78, 5) is 0. The standard InChI is InChI=1S/C8H18P/c1-3-6-9(2)7-4-5-8-9/h3-8H2,1-2H3/q+1. The van der Waals surface area contributed by atoms with Gasteiger partial charge in [-0.25, -0.2) is 0 Å². The number of hydrogen-bond acceptors (Lipinski definition) is 0. The molecule has 0 aromatic rings. The average molecular weight is 145 g/mol. The molecule has 54 valence electrons. The first kappa shape index (κ1) is 7.54. The van der Waals surface area contributed by atoms with E-state index in [4.69, 9.17) is 0 Å². The van der Waals surface area contributed by atoms with E-state index in [1.807, 2.05) is 0 Å². The lowest BCUT2D eigenvalue weighted by Crippen LogP contribution is -1.96. The predicted octanol–water partition coefficient (Wildman–Crippen LogP) is 2.84. The van der Waals surface area contributed by atoms with Crippen molar-refractivity contribution in [3.05, 3.63) is 0 Å². The zero-order valence-electron chi connectivity index (χ0n) is 6.69. The highest BCUT2D eigenvalue weighted by atomic mass is 31.2. The first-order valence-corrected chi connectivity index (χ1v) is 6.89. The monoisotopic (exact) mass is 145 g/mol. The van der Waals surface area contributed by atoms with Gasteiger partial charge in [0.05, 0.1) is 18.5 Å². The second-order valence-corrected chi connectivity index (χ2v) is 8.08. The van der Waals surface area contributed by atoms with Crippen molar-refractivity contribution < 1.29 is 0 Å². The molecular weight excluding hydrogens is 127 g/mol. The van der Waals surface area contributed by atoms with Gasteiger partial charge in [0, 0.05) is 13.9 Å². The smallest absolute Gasteiger partial charge is 0.0593 e. The first-order valence-electron chi connectivity index (χ1n) is 4.10. The molecule has 0 bridgehead atoms. The molecule has 0 atom stereocenters. The van der Waals surface area contributed by atoms with Crippen LogP contribution in [0.25, 0.3) is 0 Å². The lowest BCUT2D eigenvalue weighted by atomic mass is 10.4. The lowest BCUT2D eigenvalue weighted by Gasteiger charge is -2.14. The maximum atomic E-state index is 2.56. The van der Waals surface area contributed by atoms with Gasteiger partial charge in [0.1, 0.15) is 0 Å². The van der Waals surface area contributed by atoms with Gasteiger partial charge in [0.2, 0.25) is 0 Å². The van der Waals surface area contributed by atoms with Gasteiger partial charge in [0.25, 0.3) is 0 Å². The molecular formula is C8H18P+. The summed E-state index contributed by atoms with van der Waals surface area (Å²) in [6.45, 7) is 4.88. The van der Waals surface area contributed by atoms with Crippen LogP contribution in [-0.2, 0) is 0 Å². The largest absolute Gasteiger partial charge is 0.0619 e. The minimum atomic E-state index is -0.320. The van der Waals surface area contributed by atoms with Gasteiger partial charge < -0.3 is 0 Å². The minimum Gasteiger partial charge on any atom is -0.0619 e. The molecule has 0 unspecified atom stereocenters. The summed E-state index contributed by atoms with van der Waals surface area (Å²) in [5.74, 6) is 0. The Balaban J connectivity index is 2.32. The number of rotatable bonds is 2. The van der Waals surface area contributed by atoms with Crippen LogP contribution in [-0.4, -0.2) is 25.2 Å². The highest BCUT2D eigenvalue weighted by molar-refractivity contribution is 7.75. The van der Waals surface area contributed by atoms with E-state index in [-0.39, 0.29) is 7.26 Å². The van der Waals surface area contributed by atoms with E-state index in [9.17, 15) is 0 Å². The van der Waals surface area contributed by atoms with E-state index in [1.165, 1.54) is 19.3 Å². The zero-order valence-corrected chi connectivity index (χ0v) is 7.58. The predicted molar refractivity (Wildman–Crippen MR) is 47.0 cm³/mol. The van der Waals surface area contributed by atoms with Crippen molar-refractivity contribution in [3.8, 4) is 0 Å². The molecule has 1 rings (SSSR count). The highest BCUT2D eigenvalue weighted by Crippen LogP contribution is 2.60. The Morgan fingerprint density at radius 1 is 1.22 bits per heavy atom. The Labute approximate surface area is 59.4 Å². The van der Waals surface area contributed by atoms with Crippen molar-refractivity contribution in [1.82, 2.24) is 0 Å². The zero-order chi connectivity index (χ0) is 6.74. The summed E-state index contributed by atoms with van der Waals surface area (Å²) in [6, 6.07) is 0. The fourth-order valence-electron chi connectivity index (χ4n) is 1.86. The summed E-state index contributed by atoms with van der Waals surface area (Å²) >= 11 is 0. The molecule has 0 aliphatic carbocycles. The van der Waals surface area contributed by atoms with Crippen molar-refractivity contribution in [2.75, 3.05) is 25.2 Å². The van der Waals surface area contributed by atoms with Gasteiger partial charge >= 0.3 is 0 Å². The van der Waals surface area contributed by atoms with E-state index in [2.05, 4.69) is 13.6 Å². The second kappa shape index (κ2) is 3.01. The molecule has 1 saturated heterocycles. The molecule has 0 spiro atoms. The van der Waals surface area contributed by atoms with Crippen LogP contribution in [0.5, 0.6) is 0 Å². The van der Waals surface area contributed by atoms with Crippen LogP contribution in [0, 0.1) is 0 Å². The van der Waals surface area contributed by atoms with Crippen molar-refractivity contribution in [1.29, 1.82) is 0 Å². The molecule has 0 N–H and O–H groups in total. The van der Waals surface area contributed by atoms with Gasteiger partial charge in [-0.05, 0) is 19.3 Å². The van der Waals surface area contributed by atoms with Crippen LogP contribution < -0.4 is 0 Å². The highest BCUT2D eigenvalue weighted by Gasteiger charge is 2.33. The molecule has 0 aromatic carbocycles. The van der Waals surface area contributed by atoms with Crippen LogP contribution in [0.4, 0.5) is 0 Å². The van der Waals surface area contributed by atoms with E-state index in [1.54, 1.807) is 18.5 Å². The molecule has 1 heteroatoms.